The highest BCUT2D eigenvalue weighted by atomic mass is 19.1. The van der Waals surface area contributed by atoms with Crippen LogP contribution in [0, 0.1) is 18.6 Å². The predicted molar refractivity (Wildman–Crippen MR) is 66.3 cm³/mol. The highest BCUT2D eigenvalue weighted by Gasteiger charge is 2.13. The van der Waals surface area contributed by atoms with Gasteiger partial charge >= 0.3 is 0 Å². The lowest BCUT2D eigenvalue weighted by Gasteiger charge is -2.08. The van der Waals surface area contributed by atoms with Gasteiger partial charge in [-0.2, -0.15) is 0 Å². The van der Waals surface area contributed by atoms with Crippen molar-refractivity contribution in [3.05, 3.63) is 41.7 Å². The second kappa shape index (κ2) is 5.08. The molecular formula is C13H13F2N3. The van der Waals surface area contributed by atoms with E-state index in [1.165, 1.54) is 24.3 Å². The van der Waals surface area contributed by atoms with Gasteiger partial charge in [-0.1, -0.05) is 6.07 Å². The standard InChI is InChI=1S/C13H13F2N3/c1-3-16-12-7-11(17-8(2)18-12)13-9(14)5-4-6-10(13)15/h4-7H,3H2,1-2H3,(H,16,17,18). The Kier molecular flexibility index (Phi) is 3.50. The van der Waals surface area contributed by atoms with Crippen LogP contribution in [0.5, 0.6) is 0 Å². The molecule has 1 aromatic heterocycles. The van der Waals surface area contributed by atoms with Crippen molar-refractivity contribution >= 4 is 5.82 Å². The molecule has 1 aromatic carbocycles. The molecule has 0 atom stereocenters. The molecular weight excluding hydrogens is 236 g/mol. The lowest BCUT2D eigenvalue weighted by molar-refractivity contribution is 0.588. The summed E-state index contributed by atoms with van der Waals surface area (Å²) >= 11 is 0. The van der Waals surface area contributed by atoms with Crippen LogP contribution in [0.3, 0.4) is 0 Å². The van der Waals surface area contributed by atoms with E-state index >= 15 is 0 Å². The minimum atomic E-state index is -0.629. The van der Waals surface area contributed by atoms with Crippen LogP contribution >= 0.6 is 0 Å². The lowest BCUT2D eigenvalue weighted by atomic mass is 10.1. The fourth-order valence-corrected chi connectivity index (χ4v) is 1.71. The second-order valence-corrected chi connectivity index (χ2v) is 3.81. The smallest absolute Gasteiger partial charge is 0.135 e. The normalized spacial score (nSPS) is 10.4. The molecule has 2 rings (SSSR count). The molecule has 0 amide bonds. The number of aromatic nitrogens is 2. The molecule has 1 N–H and O–H groups in total. The number of nitrogens with zero attached hydrogens (tertiary/aromatic N) is 2. The first kappa shape index (κ1) is 12.4. The van der Waals surface area contributed by atoms with Crippen molar-refractivity contribution in [2.24, 2.45) is 0 Å². The third-order valence-electron chi connectivity index (χ3n) is 2.41. The molecule has 94 valence electrons. The van der Waals surface area contributed by atoms with Crippen molar-refractivity contribution in [3.8, 4) is 11.3 Å². The molecule has 1 heterocycles. The Morgan fingerprint density at radius 3 is 2.44 bits per heavy atom. The van der Waals surface area contributed by atoms with Crippen molar-refractivity contribution in [2.45, 2.75) is 13.8 Å². The fraction of sp³-hybridized carbons (Fsp3) is 0.231. The fourth-order valence-electron chi connectivity index (χ4n) is 1.71. The van der Waals surface area contributed by atoms with Crippen LogP contribution in [0.4, 0.5) is 14.6 Å². The Hall–Kier alpha value is -2.04. The molecule has 0 unspecified atom stereocenters. The van der Waals surface area contributed by atoms with Crippen LogP contribution in [0.1, 0.15) is 12.7 Å². The first-order valence-corrected chi connectivity index (χ1v) is 5.65. The van der Waals surface area contributed by atoms with Gasteiger partial charge in [0.1, 0.15) is 23.3 Å². The van der Waals surface area contributed by atoms with Crippen molar-refractivity contribution in [1.82, 2.24) is 9.97 Å². The van der Waals surface area contributed by atoms with Gasteiger partial charge in [0.15, 0.2) is 0 Å². The Labute approximate surface area is 104 Å². The molecule has 0 fully saturated rings. The van der Waals surface area contributed by atoms with Crippen LogP contribution in [0.25, 0.3) is 11.3 Å². The predicted octanol–water partition coefficient (Wildman–Crippen LogP) is 3.16. The van der Waals surface area contributed by atoms with Crippen molar-refractivity contribution < 1.29 is 8.78 Å². The zero-order valence-corrected chi connectivity index (χ0v) is 10.2. The van der Waals surface area contributed by atoms with E-state index in [2.05, 4.69) is 15.3 Å². The van der Waals surface area contributed by atoms with E-state index in [0.29, 0.717) is 18.2 Å². The van der Waals surface area contributed by atoms with E-state index in [-0.39, 0.29) is 11.3 Å². The van der Waals surface area contributed by atoms with Crippen LogP contribution < -0.4 is 5.32 Å². The molecule has 0 aliphatic carbocycles. The zero-order valence-electron chi connectivity index (χ0n) is 10.2. The summed E-state index contributed by atoms with van der Waals surface area (Å²) in [4.78, 5) is 8.22. The van der Waals surface area contributed by atoms with Gasteiger partial charge < -0.3 is 5.32 Å². The average molecular weight is 249 g/mol. The summed E-state index contributed by atoms with van der Waals surface area (Å²) in [5.41, 5.74) is 0.121. The lowest BCUT2D eigenvalue weighted by Crippen LogP contribution is -2.03. The first-order chi connectivity index (χ1) is 8.61. The van der Waals surface area contributed by atoms with Gasteiger partial charge in [0.05, 0.1) is 11.3 Å². The average Bonchev–Trinajstić information content (AvgIpc) is 2.28. The molecule has 0 spiro atoms. The molecule has 18 heavy (non-hydrogen) atoms. The van der Waals surface area contributed by atoms with E-state index in [9.17, 15) is 8.78 Å². The molecule has 0 aliphatic rings. The van der Waals surface area contributed by atoms with Crippen LogP contribution in [-0.4, -0.2) is 16.5 Å². The summed E-state index contributed by atoms with van der Waals surface area (Å²) in [7, 11) is 0. The minimum absolute atomic E-state index is 0.123. The highest BCUT2D eigenvalue weighted by Crippen LogP contribution is 2.25. The second-order valence-electron chi connectivity index (χ2n) is 3.81. The van der Waals surface area contributed by atoms with E-state index in [1.807, 2.05) is 6.92 Å². The molecule has 0 saturated carbocycles. The van der Waals surface area contributed by atoms with Crippen molar-refractivity contribution in [3.63, 3.8) is 0 Å². The summed E-state index contributed by atoms with van der Waals surface area (Å²) in [5.74, 6) is -0.236. The third kappa shape index (κ3) is 2.45. The Balaban J connectivity index is 2.56. The minimum Gasteiger partial charge on any atom is -0.370 e. The van der Waals surface area contributed by atoms with Gasteiger partial charge in [-0.3, -0.25) is 0 Å². The van der Waals surface area contributed by atoms with Gasteiger partial charge in [-0.15, -0.1) is 0 Å². The van der Waals surface area contributed by atoms with Crippen LogP contribution in [0.15, 0.2) is 24.3 Å². The molecule has 5 heteroatoms. The van der Waals surface area contributed by atoms with E-state index in [0.717, 1.165) is 0 Å². The number of hydrogen-bond donors (Lipinski definition) is 1. The summed E-state index contributed by atoms with van der Waals surface area (Å²) in [6.45, 7) is 4.28. The quantitative estimate of drug-likeness (QED) is 0.908. The number of rotatable bonds is 3. The van der Waals surface area contributed by atoms with E-state index in [1.54, 1.807) is 6.92 Å². The molecule has 0 radical (unpaired) electrons. The maximum atomic E-state index is 13.7. The molecule has 0 aliphatic heterocycles. The number of halogens is 2. The van der Waals surface area contributed by atoms with Gasteiger partial charge in [-0.25, -0.2) is 18.7 Å². The number of nitrogens with one attached hydrogen (secondary N) is 1. The van der Waals surface area contributed by atoms with Crippen molar-refractivity contribution in [2.75, 3.05) is 11.9 Å². The SMILES string of the molecule is CCNc1cc(-c2c(F)cccc2F)nc(C)n1. The topological polar surface area (TPSA) is 37.8 Å². The van der Waals surface area contributed by atoms with Crippen LogP contribution in [-0.2, 0) is 0 Å². The third-order valence-corrected chi connectivity index (χ3v) is 2.41. The summed E-state index contributed by atoms with van der Waals surface area (Å²) in [5, 5.41) is 3.00. The number of hydrogen-bond acceptors (Lipinski definition) is 3. The monoisotopic (exact) mass is 249 g/mol. The summed E-state index contributed by atoms with van der Waals surface area (Å²) in [6.07, 6.45) is 0. The largest absolute Gasteiger partial charge is 0.370 e. The van der Waals surface area contributed by atoms with Gasteiger partial charge in [-0.05, 0) is 26.0 Å². The number of benzene rings is 1. The Bertz CT molecular complexity index is 550. The number of anilines is 1. The maximum absolute atomic E-state index is 13.7. The summed E-state index contributed by atoms with van der Waals surface area (Å²) < 4.78 is 27.3. The van der Waals surface area contributed by atoms with Crippen molar-refractivity contribution in [1.29, 1.82) is 0 Å². The molecule has 0 bridgehead atoms. The number of aryl methyl sites for hydroxylation is 1. The molecule has 3 nitrogen and oxygen atoms in total. The van der Waals surface area contributed by atoms with E-state index in [4.69, 9.17) is 0 Å². The van der Waals surface area contributed by atoms with Crippen LogP contribution in [0.2, 0.25) is 0 Å². The van der Waals surface area contributed by atoms with E-state index < -0.39 is 11.6 Å². The summed E-state index contributed by atoms with van der Waals surface area (Å²) in [6, 6.07) is 5.29. The highest BCUT2D eigenvalue weighted by molar-refractivity contribution is 5.63. The first-order valence-electron chi connectivity index (χ1n) is 5.65. The molecule has 0 saturated heterocycles. The van der Waals surface area contributed by atoms with Gasteiger partial charge in [0.25, 0.3) is 0 Å². The molecule has 2 aromatic rings. The van der Waals surface area contributed by atoms with Gasteiger partial charge in [0, 0.05) is 12.6 Å². The Morgan fingerprint density at radius 2 is 1.83 bits per heavy atom. The maximum Gasteiger partial charge on any atom is 0.135 e. The zero-order chi connectivity index (χ0) is 13.1. The Morgan fingerprint density at radius 1 is 1.17 bits per heavy atom. The van der Waals surface area contributed by atoms with Gasteiger partial charge in [0.2, 0.25) is 0 Å².